The van der Waals surface area contributed by atoms with Crippen LogP contribution in [0.4, 0.5) is 0 Å². The molecule has 15 heavy (non-hydrogen) atoms. The van der Waals surface area contributed by atoms with Gasteiger partial charge < -0.3 is 10.9 Å². The standard InChI is InChI=1S/C8H19N3O3S/c1-7(2,3)15(13,14)11-8(4,5)6(9)10-12/h11-12H,1-5H3,(H2,9,10). The number of oxime groups is 1. The third kappa shape index (κ3) is 3.35. The Hall–Kier alpha value is -0.820. The molecule has 0 heterocycles. The Morgan fingerprint density at radius 2 is 1.67 bits per heavy atom. The van der Waals surface area contributed by atoms with Crippen molar-refractivity contribution >= 4 is 15.9 Å². The van der Waals surface area contributed by atoms with E-state index in [1.165, 1.54) is 13.8 Å². The number of amidine groups is 1. The third-order valence-corrected chi connectivity index (χ3v) is 4.34. The molecule has 0 aromatic heterocycles. The minimum atomic E-state index is -3.53. The molecule has 0 rings (SSSR count). The van der Waals surface area contributed by atoms with Gasteiger partial charge in [-0.05, 0) is 34.6 Å². The lowest BCUT2D eigenvalue weighted by molar-refractivity contribution is 0.312. The van der Waals surface area contributed by atoms with E-state index in [0.717, 1.165) is 0 Å². The van der Waals surface area contributed by atoms with Crippen molar-refractivity contribution in [2.75, 3.05) is 0 Å². The van der Waals surface area contributed by atoms with Crippen molar-refractivity contribution in [3.8, 4) is 0 Å². The van der Waals surface area contributed by atoms with Gasteiger partial charge in [-0.3, -0.25) is 0 Å². The van der Waals surface area contributed by atoms with E-state index >= 15 is 0 Å². The maximum absolute atomic E-state index is 11.8. The summed E-state index contributed by atoms with van der Waals surface area (Å²) in [4.78, 5) is 0. The molecular formula is C8H19N3O3S. The molecule has 0 aliphatic carbocycles. The van der Waals surface area contributed by atoms with Crippen molar-refractivity contribution in [1.82, 2.24) is 4.72 Å². The number of nitrogens with one attached hydrogen (secondary N) is 1. The van der Waals surface area contributed by atoms with Crippen LogP contribution in [0.25, 0.3) is 0 Å². The summed E-state index contributed by atoms with van der Waals surface area (Å²) in [6, 6.07) is 0. The summed E-state index contributed by atoms with van der Waals surface area (Å²) in [5.74, 6) is -0.185. The predicted octanol–water partition coefficient (Wildman–Crippen LogP) is 0.229. The Morgan fingerprint density at radius 1 is 1.27 bits per heavy atom. The average molecular weight is 237 g/mol. The van der Waals surface area contributed by atoms with Crippen LogP contribution in [0.5, 0.6) is 0 Å². The average Bonchev–Trinajstić information content (AvgIpc) is 1.98. The zero-order valence-corrected chi connectivity index (χ0v) is 10.5. The van der Waals surface area contributed by atoms with Gasteiger partial charge in [-0.2, -0.15) is 0 Å². The molecule has 0 fully saturated rings. The van der Waals surface area contributed by atoms with Gasteiger partial charge in [-0.15, -0.1) is 0 Å². The molecule has 0 saturated heterocycles. The lowest BCUT2D eigenvalue weighted by atomic mass is 10.1. The van der Waals surface area contributed by atoms with Crippen LogP contribution in [0.3, 0.4) is 0 Å². The highest BCUT2D eigenvalue weighted by Gasteiger charge is 2.36. The van der Waals surface area contributed by atoms with Crippen LogP contribution in [0, 0.1) is 0 Å². The fourth-order valence-electron chi connectivity index (χ4n) is 0.666. The van der Waals surface area contributed by atoms with Crippen LogP contribution >= 0.6 is 0 Å². The van der Waals surface area contributed by atoms with Crippen molar-refractivity contribution in [1.29, 1.82) is 0 Å². The lowest BCUT2D eigenvalue weighted by Crippen LogP contribution is -2.56. The summed E-state index contributed by atoms with van der Waals surface area (Å²) < 4.78 is 25.0. The van der Waals surface area contributed by atoms with Gasteiger partial charge in [0.2, 0.25) is 10.0 Å². The van der Waals surface area contributed by atoms with Crippen LogP contribution < -0.4 is 10.5 Å². The Kier molecular flexibility index (Phi) is 3.76. The van der Waals surface area contributed by atoms with E-state index < -0.39 is 20.3 Å². The Balaban J connectivity index is 5.07. The summed E-state index contributed by atoms with van der Waals surface area (Å²) in [6.07, 6.45) is 0. The molecule has 0 unspecified atom stereocenters. The van der Waals surface area contributed by atoms with Crippen molar-refractivity contribution in [3.63, 3.8) is 0 Å². The zero-order valence-electron chi connectivity index (χ0n) is 9.70. The minimum absolute atomic E-state index is 0.185. The molecule has 0 bridgehead atoms. The number of sulfonamides is 1. The van der Waals surface area contributed by atoms with Gasteiger partial charge >= 0.3 is 0 Å². The van der Waals surface area contributed by atoms with Gasteiger partial charge in [0.25, 0.3) is 0 Å². The fraction of sp³-hybridized carbons (Fsp3) is 0.875. The summed E-state index contributed by atoms with van der Waals surface area (Å²) in [5, 5.41) is 11.3. The summed E-state index contributed by atoms with van der Waals surface area (Å²) in [5.41, 5.74) is 4.26. The topological polar surface area (TPSA) is 105 Å². The molecule has 0 spiro atoms. The van der Waals surface area contributed by atoms with Gasteiger partial charge in [0.15, 0.2) is 5.84 Å². The van der Waals surface area contributed by atoms with E-state index in [0.29, 0.717) is 0 Å². The van der Waals surface area contributed by atoms with E-state index in [9.17, 15) is 8.42 Å². The first-order valence-corrected chi connectivity index (χ1v) is 5.94. The van der Waals surface area contributed by atoms with E-state index in [4.69, 9.17) is 10.9 Å². The van der Waals surface area contributed by atoms with Crippen LogP contribution in [-0.2, 0) is 10.0 Å². The Morgan fingerprint density at radius 3 is 1.93 bits per heavy atom. The highest BCUT2D eigenvalue weighted by atomic mass is 32.2. The largest absolute Gasteiger partial charge is 0.409 e. The Bertz CT molecular complexity index is 352. The van der Waals surface area contributed by atoms with E-state index in [1.807, 2.05) is 0 Å². The van der Waals surface area contributed by atoms with E-state index in [2.05, 4.69) is 9.88 Å². The summed E-state index contributed by atoms with van der Waals surface area (Å²) >= 11 is 0. The minimum Gasteiger partial charge on any atom is -0.409 e. The second kappa shape index (κ2) is 3.97. The van der Waals surface area contributed by atoms with Crippen molar-refractivity contribution in [3.05, 3.63) is 0 Å². The highest BCUT2D eigenvalue weighted by Crippen LogP contribution is 2.16. The van der Waals surface area contributed by atoms with E-state index in [-0.39, 0.29) is 5.84 Å². The molecular weight excluding hydrogens is 218 g/mol. The van der Waals surface area contributed by atoms with Crippen molar-refractivity contribution < 1.29 is 13.6 Å². The molecule has 0 atom stereocenters. The monoisotopic (exact) mass is 237 g/mol. The number of hydrogen-bond donors (Lipinski definition) is 3. The van der Waals surface area contributed by atoms with E-state index in [1.54, 1.807) is 20.8 Å². The normalized spacial score (nSPS) is 15.4. The van der Waals surface area contributed by atoms with Crippen LogP contribution in [0.15, 0.2) is 5.16 Å². The lowest BCUT2D eigenvalue weighted by Gasteiger charge is -2.29. The quantitative estimate of drug-likeness (QED) is 0.283. The zero-order chi connectivity index (χ0) is 12.5. The predicted molar refractivity (Wildman–Crippen MR) is 59.3 cm³/mol. The molecule has 0 amide bonds. The van der Waals surface area contributed by atoms with Gasteiger partial charge in [-0.1, -0.05) is 5.16 Å². The maximum atomic E-state index is 11.8. The molecule has 90 valence electrons. The number of nitrogens with zero attached hydrogens (tertiary/aromatic N) is 1. The second-order valence-electron chi connectivity index (χ2n) is 4.83. The van der Waals surface area contributed by atoms with Crippen LogP contribution in [0.1, 0.15) is 34.6 Å². The van der Waals surface area contributed by atoms with Crippen LogP contribution in [0.2, 0.25) is 0 Å². The van der Waals surface area contributed by atoms with Gasteiger partial charge in [0, 0.05) is 0 Å². The second-order valence-corrected chi connectivity index (χ2v) is 7.26. The van der Waals surface area contributed by atoms with Gasteiger partial charge in [0.1, 0.15) is 0 Å². The molecule has 0 aliphatic heterocycles. The first-order valence-electron chi connectivity index (χ1n) is 4.45. The molecule has 4 N–H and O–H groups in total. The van der Waals surface area contributed by atoms with Gasteiger partial charge in [-0.25, -0.2) is 13.1 Å². The van der Waals surface area contributed by atoms with Crippen molar-refractivity contribution in [2.24, 2.45) is 10.9 Å². The highest BCUT2D eigenvalue weighted by molar-refractivity contribution is 7.90. The van der Waals surface area contributed by atoms with Crippen molar-refractivity contribution in [2.45, 2.75) is 44.9 Å². The molecule has 0 radical (unpaired) electrons. The third-order valence-electron chi connectivity index (χ3n) is 1.94. The smallest absolute Gasteiger partial charge is 0.217 e. The Labute approximate surface area is 90.6 Å². The first kappa shape index (κ1) is 14.2. The first-order chi connectivity index (χ1) is 6.44. The summed E-state index contributed by atoms with van der Waals surface area (Å²) in [6.45, 7) is 7.74. The molecule has 0 aromatic carbocycles. The number of hydrogen-bond acceptors (Lipinski definition) is 4. The van der Waals surface area contributed by atoms with Gasteiger partial charge in [0.05, 0.1) is 10.3 Å². The molecule has 0 aliphatic rings. The number of nitrogens with two attached hydrogens (primary N) is 1. The number of rotatable bonds is 3. The SMILES string of the molecule is CC(C)(NS(=O)(=O)C(C)(C)C)C(N)=NO. The summed E-state index contributed by atoms with van der Waals surface area (Å²) in [7, 11) is -3.53. The fourth-order valence-corrected chi connectivity index (χ4v) is 1.75. The maximum Gasteiger partial charge on any atom is 0.217 e. The molecule has 0 saturated carbocycles. The molecule has 6 nitrogen and oxygen atoms in total. The molecule has 7 heteroatoms. The van der Waals surface area contributed by atoms with Crippen LogP contribution in [-0.4, -0.2) is 29.7 Å². The molecule has 0 aromatic rings.